The topological polar surface area (TPSA) is 41.1 Å². The summed E-state index contributed by atoms with van der Waals surface area (Å²) >= 11 is 6.02. The van der Waals surface area contributed by atoms with Crippen LogP contribution in [0.2, 0.25) is 5.02 Å². The Morgan fingerprint density at radius 2 is 1.85 bits per heavy atom. The van der Waals surface area contributed by atoms with Gasteiger partial charge in [-0.3, -0.25) is 4.79 Å². The van der Waals surface area contributed by atoms with Crippen LogP contribution in [0.3, 0.4) is 0 Å². The van der Waals surface area contributed by atoms with E-state index >= 15 is 0 Å². The van der Waals surface area contributed by atoms with E-state index in [0.29, 0.717) is 18.0 Å². The summed E-state index contributed by atoms with van der Waals surface area (Å²) in [6, 6.07) is 15.3. The molecule has 0 bridgehead atoms. The number of hydrogen-bond donors (Lipinski definition) is 2. The van der Waals surface area contributed by atoms with Crippen molar-refractivity contribution in [3.8, 4) is 0 Å². The van der Waals surface area contributed by atoms with Gasteiger partial charge in [-0.2, -0.15) is 0 Å². The summed E-state index contributed by atoms with van der Waals surface area (Å²) in [4.78, 5) is 11.8. The predicted molar refractivity (Wildman–Crippen MR) is 84.4 cm³/mol. The zero-order chi connectivity index (χ0) is 14.4. The average molecular weight is 289 g/mol. The first-order valence-corrected chi connectivity index (χ1v) is 6.88. The zero-order valence-corrected chi connectivity index (χ0v) is 12.1. The van der Waals surface area contributed by atoms with Crippen molar-refractivity contribution >= 4 is 28.9 Å². The fraction of sp³-hybridized carbons (Fsp3) is 0.188. The van der Waals surface area contributed by atoms with Gasteiger partial charge in [0, 0.05) is 29.4 Å². The number of anilines is 2. The Labute approximate surface area is 124 Å². The van der Waals surface area contributed by atoms with Crippen molar-refractivity contribution in [3.63, 3.8) is 0 Å². The molecule has 0 heterocycles. The van der Waals surface area contributed by atoms with Crippen LogP contribution in [-0.2, 0) is 4.79 Å². The van der Waals surface area contributed by atoms with Crippen LogP contribution in [0, 0.1) is 6.92 Å². The van der Waals surface area contributed by atoms with Crippen LogP contribution in [0.1, 0.15) is 12.0 Å². The lowest BCUT2D eigenvalue weighted by atomic mass is 10.2. The highest BCUT2D eigenvalue weighted by atomic mass is 35.5. The first-order chi connectivity index (χ1) is 9.65. The number of para-hydroxylation sites is 1. The maximum atomic E-state index is 11.8. The average Bonchev–Trinajstić information content (AvgIpc) is 2.44. The number of nitrogens with one attached hydrogen (secondary N) is 2. The first-order valence-electron chi connectivity index (χ1n) is 6.50. The van der Waals surface area contributed by atoms with E-state index in [0.717, 1.165) is 16.9 Å². The summed E-state index contributed by atoms with van der Waals surface area (Å²) in [5, 5.41) is 6.69. The molecule has 2 N–H and O–H groups in total. The van der Waals surface area contributed by atoms with Gasteiger partial charge in [-0.25, -0.2) is 0 Å². The molecule has 0 aliphatic heterocycles. The minimum Gasteiger partial charge on any atom is -0.385 e. The molecule has 3 nitrogen and oxygen atoms in total. The molecule has 0 saturated heterocycles. The van der Waals surface area contributed by atoms with Crippen molar-refractivity contribution in [1.82, 2.24) is 0 Å². The number of amides is 1. The lowest BCUT2D eigenvalue weighted by Gasteiger charge is -2.08. The van der Waals surface area contributed by atoms with Crippen molar-refractivity contribution in [2.75, 3.05) is 17.2 Å². The van der Waals surface area contributed by atoms with Crippen LogP contribution in [0.15, 0.2) is 48.5 Å². The lowest BCUT2D eigenvalue weighted by Crippen LogP contribution is -2.16. The third-order valence-electron chi connectivity index (χ3n) is 2.91. The van der Waals surface area contributed by atoms with Crippen molar-refractivity contribution in [2.45, 2.75) is 13.3 Å². The molecule has 4 heteroatoms. The van der Waals surface area contributed by atoms with Gasteiger partial charge in [0.25, 0.3) is 0 Å². The van der Waals surface area contributed by atoms with E-state index < -0.39 is 0 Å². The SMILES string of the molecule is Cc1ccc(NC(=O)CCNc2ccccc2)cc1Cl. The maximum Gasteiger partial charge on any atom is 0.226 e. The summed E-state index contributed by atoms with van der Waals surface area (Å²) in [5.74, 6) is -0.0339. The van der Waals surface area contributed by atoms with Gasteiger partial charge in [-0.1, -0.05) is 35.9 Å². The summed E-state index contributed by atoms with van der Waals surface area (Å²) < 4.78 is 0. The van der Waals surface area contributed by atoms with Crippen molar-refractivity contribution in [3.05, 3.63) is 59.1 Å². The number of carbonyl (C=O) groups excluding carboxylic acids is 1. The molecule has 20 heavy (non-hydrogen) atoms. The Morgan fingerprint density at radius 1 is 1.10 bits per heavy atom. The van der Waals surface area contributed by atoms with Gasteiger partial charge in [0.2, 0.25) is 5.91 Å². The number of hydrogen-bond acceptors (Lipinski definition) is 2. The molecule has 0 aliphatic carbocycles. The first kappa shape index (κ1) is 14.4. The Bertz CT molecular complexity index is 584. The van der Waals surface area contributed by atoms with Crippen LogP contribution in [0.5, 0.6) is 0 Å². The fourth-order valence-electron chi connectivity index (χ4n) is 1.77. The van der Waals surface area contributed by atoms with E-state index in [1.54, 1.807) is 6.07 Å². The molecule has 0 unspecified atom stereocenters. The molecule has 0 spiro atoms. The molecule has 2 rings (SSSR count). The number of benzene rings is 2. The van der Waals surface area contributed by atoms with Gasteiger partial charge in [0.05, 0.1) is 0 Å². The minimum absolute atomic E-state index is 0.0339. The van der Waals surface area contributed by atoms with Gasteiger partial charge in [-0.15, -0.1) is 0 Å². The van der Waals surface area contributed by atoms with Gasteiger partial charge >= 0.3 is 0 Å². The Hall–Kier alpha value is -2.00. The van der Waals surface area contributed by atoms with E-state index in [2.05, 4.69) is 10.6 Å². The van der Waals surface area contributed by atoms with Crippen molar-refractivity contribution in [1.29, 1.82) is 0 Å². The molecular weight excluding hydrogens is 272 g/mol. The Balaban J connectivity index is 1.79. The van der Waals surface area contributed by atoms with Gasteiger partial charge in [0.15, 0.2) is 0 Å². The highest BCUT2D eigenvalue weighted by Gasteiger charge is 2.03. The van der Waals surface area contributed by atoms with Gasteiger partial charge in [-0.05, 0) is 36.8 Å². The predicted octanol–water partition coefficient (Wildman–Crippen LogP) is 4.09. The van der Waals surface area contributed by atoms with Crippen LogP contribution >= 0.6 is 11.6 Å². The summed E-state index contributed by atoms with van der Waals surface area (Å²) in [5.41, 5.74) is 2.74. The smallest absolute Gasteiger partial charge is 0.226 e. The molecule has 0 radical (unpaired) electrons. The number of halogens is 1. The zero-order valence-electron chi connectivity index (χ0n) is 11.3. The molecule has 0 aliphatic rings. The van der Waals surface area contributed by atoms with Crippen molar-refractivity contribution < 1.29 is 4.79 Å². The highest BCUT2D eigenvalue weighted by molar-refractivity contribution is 6.31. The standard InChI is InChI=1S/C16H17ClN2O/c1-12-7-8-14(11-15(12)17)19-16(20)9-10-18-13-5-3-2-4-6-13/h2-8,11,18H,9-10H2,1H3,(H,19,20). The van der Waals surface area contributed by atoms with Crippen LogP contribution in [0.25, 0.3) is 0 Å². The molecule has 2 aromatic carbocycles. The molecule has 2 aromatic rings. The van der Waals surface area contributed by atoms with E-state index in [4.69, 9.17) is 11.6 Å². The highest BCUT2D eigenvalue weighted by Crippen LogP contribution is 2.20. The molecule has 104 valence electrons. The number of carbonyl (C=O) groups is 1. The summed E-state index contributed by atoms with van der Waals surface area (Å²) in [6.45, 7) is 2.52. The van der Waals surface area contributed by atoms with E-state index in [1.807, 2.05) is 49.4 Å². The third-order valence-corrected chi connectivity index (χ3v) is 3.32. The largest absolute Gasteiger partial charge is 0.385 e. The van der Waals surface area contributed by atoms with Crippen molar-refractivity contribution in [2.24, 2.45) is 0 Å². The fourth-order valence-corrected chi connectivity index (χ4v) is 1.95. The maximum absolute atomic E-state index is 11.8. The summed E-state index contributed by atoms with van der Waals surface area (Å²) in [7, 11) is 0. The monoisotopic (exact) mass is 288 g/mol. The third kappa shape index (κ3) is 4.28. The molecule has 0 fully saturated rings. The number of rotatable bonds is 5. The van der Waals surface area contributed by atoms with Gasteiger partial charge in [0.1, 0.15) is 0 Å². The quantitative estimate of drug-likeness (QED) is 0.870. The van der Waals surface area contributed by atoms with E-state index in [9.17, 15) is 4.79 Å². The van der Waals surface area contributed by atoms with Crippen LogP contribution < -0.4 is 10.6 Å². The van der Waals surface area contributed by atoms with E-state index in [-0.39, 0.29) is 5.91 Å². The summed E-state index contributed by atoms with van der Waals surface area (Å²) in [6.07, 6.45) is 0.403. The Kier molecular flexibility index (Phi) is 5.02. The van der Waals surface area contributed by atoms with Crippen LogP contribution in [-0.4, -0.2) is 12.5 Å². The normalized spacial score (nSPS) is 10.1. The second-order valence-corrected chi connectivity index (χ2v) is 4.96. The van der Waals surface area contributed by atoms with Gasteiger partial charge < -0.3 is 10.6 Å². The molecule has 0 atom stereocenters. The molecule has 0 aromatic heterocycles. The molecular formula is C16H17ClN2O. The second kappa shape index (κ2) is 6.96. The molecule has 0 saturated carbocycles. The van der Waals surface area contributed by atoms with E-state index in [1.165, 1.54) is 0 Å². The molecule has 1 amide bonds. The minimum atomic E-state index is -0.0339. The second-order valence-electron chi connectivity index (χ2n) is 4.55. The number of aryl methyl sites for hydroxylation is 1. The lowest BCUT2D eigenvalue weighted by molar-refractivity contribution is -0.115. The van der Waals surface area contributed by atoms with Crippen LogP contribution in [0.4, 0.5) is 11.4 Å². The Morgan fingerprint density at radius 3 is 2.55 bits per heavy atom.